The summed E-state index contributed by atoms with van der Waals surface area (Å²) in [5.41, 5.74) is 1.71. The van der Waals surface area contributed by atoms with Crippen LogP contribution in [-0.2, 0) is 18.8 Å². The third-order valence-corrected chi connectivity index (χ3v) is 14.1. The van der Waals surface area contributed by atoms with Gasteiger partial charge in [0.25, 0.3) is 0 Å². The van der Waals surface area contributed by atoms with E-state index in [-0.39, 0.29) is 29.3 Å². The average molecular weight is 604 g/mol. The zero-order valence-electron chi connectivity index (χ0n) is 27.3. The van der Waals surface area contributed by atoms with Crippen LogP contribution in [0.4, 0.5) is 0 Å². The molecule has 5 atom stereocenters. The summed E-state index contributed by atoms with van der Waals surface area (Å²) < 4.78 is 12.8. The van der Waals surface area contributed by atoms with Crippen LogP contribution in [0.15, 0.2) is 34.8 Å². The number of aliphatic hydroxyl groups is 1. The van der Waals surface area contributed by atoms with E-state index in [0.29, 0.717) is 6.42 Å². The first-order valence-electron chi connectivity index (χ1n) is 14.8. The fourth-order valence-corrected chi connectivity index (χ4v) is 6.79. The van der Waals surface area contributed by atoms with Gasteiger partial charge in [-0.3, -0.25) is 9.59 Å². The van der Waals surface area contributed by atoms with E-state index in [1.54, 1.807) is 25.2 Å². The largest absolute Gasteiger partial charge is 0.457 e. The maximum absolute atomic E-state index is 14.0. The molecule has 0 spiro atoms. The highest BCUT2D eigenvalue weighted by atomic mass is 32.1. The number of ketones is 1. The van der Waals surface area contributed by atoms with Gasteiger partial charge in [-0.1, -0.05) is 72.3 Å². The van der Waals surface area contributed by atoms with Crippen LogP contribution < -0.4 is 0 Å². The number of aromatic nitrogens is 1. The maximum Gasteiger partial charge on any atom is 0.309 e. The Morgan fingerprint density at radius 2 is 1.85 bits per heavy atom. The van der Waals surface area contributed by atoms with E-state index in [1.165, 1.54) is 0 Å². The Labute approximate surface area is 253 Å². The molecule has 1 aliphatic rings. The van der Waals surface area contributed by atoms with E-state index in [4.69, 9.17) is 9.16 Å². The van der Waals surface area contributed by atoms with Crippen molar-refractivity contribution in [3.05, 3.63) is 45.5 Å². The lowest BCUT2D eigenvalue weighted by atomic mass is 9.73. The van der Waals surface area contributed by atoms with Crippen LogP contribution in [0.1, 0.15) is 92.3 Å². The highest BCUT2D eigenvalue weighted by molar-refractivity contribution is 7.09. The van der Waals surface area contributed by atoms with Gasteiger partial charge in [0.2, 0.25) is 0 Å². The van der Waals surface area contributed by atoms with Crippen molar-refractivity contribution in [2.75, 3.05) is 0 Å². The number of Topliss-reactive ketones (excluding diaryl/α,β-unsaturated/α-hetero) is 1. The number of aryl methyl sites for hydroxylation is 1. The zero-order valence-corrected chi connectivity index (χ0v) is 29.1. The second-order valence-corrected chi connectivity index (χ2v) is 19.7. The molecule has 0 aliphatic carbocycles. The summed E-state index contributed by atoms with van der Waals surface area (Å²) in [5, 5.41) is 14.1. The smallest absolute Gasteiger partial charge is 0.309 e. The summed E-state index contributed by atoms with van der Waals surface area (Å²) in [7, 11) is -2.21. The number of nitrogens with zero attached hydrogens (tertiary/aromatic N) is 1. The SMILES string of the molecule is CC1=CC[C@@H](C(C)=Cc2csc(C)n2)OC(=O)C[C@H](O)C(C)(C)C(=O)[C@H](C)C(O[Si](C)(C)C(C)(C)C)[C@@H](C)C=CC1. The number of ether oxygens (including phenoxy) is 1. The van der Waals surface area contributed by atoms with Crippen molar-refractivity contribution in [1.82, 2.24) is 4.98 Å². The Morgan fingerprint density at radius 3 is 2.41 bits per heavy atom. The van der Waals surface area contributed by atoms with Crippen molar-refractivity contribution >= 4 is 37.5 Å². The van der Waals surface area contributed by atoms with Crippen LogP contribution in [-0.4, -0.2) is 48.5 Å². The Morgan fingerprint density at radius 1 is 1.22 bits per heavy atom. The van der Waals surface area contributed by atoms with E-state index >= 15 is 0 Å². The van der Waals surface area contributed by atoms with E-state index in [2.05, 4.69) is 70.9 Å². The van der Waals surface area contributed by atoms with Crippen molar-refractivity contribution in [2.45, 2.75) is 125 Å². The van der Waals surface area contributed by atoms with E-state index in [0.717, 1.165) is 28.3 Å². The molecular formula is C33H53NO5SSi. The lowest BCUT2D eigenvalue weighted by Crippen LogP contribution is -2.51. The molecule has 1 aromatic heterocycles. The molecule has 1 unspecified atom stereocenters. The van der Waals surface area contributed by atoms with Crippen molar-refractivity contribution in [1.29, 1.82) is 0 Å². The van der Waals surface area contributed by atoms with Gasteiger partial charge in [0.15, 0.2) is 8.32 Å². The molecule has 0 saturated heterocycles. The van der Waals surface area contributed by atoms with Crippen LogP contribution in [0.25, 0.3) is 6.08 Å². The highest BCUT2D eigenvalue weighted by Gasteiger charge is 2.46. The molecule has 0 aromatic carbocycles. The normalized spacial score (nSPS) is 27.9. The number of hydrogen-bond donors (Lipinski definition) is 1. The van der Waals surface area contributed by atoms with Gasteiger partial charge < -0.3 is 14.3 Å². The quantitative estimate of drug-likeness (QED) is 0.213. The molecule has 8 heteroatoms. The first kappa shape index (κ1) is 35.3. The predicted octanol–water partition coefficient (Wildman–Crippen LogP) is 8.07. The van der Waals surface area contributed by atoms with Crippen LogP contribution in [0.2, 0.25) is 18.1 Å². The lowest BCUT2D eigenvalue weighted by Gasteiger charge is -2.43. The molecule has 0 saturated carbocycles. The van der Waals surface area contributed by atoms with Crippen molar-refractivity contribution in [3.63, 3.8) is 0 Å². The van der Waals surface area contributed by atoms with Crippen molar-refractivity contribution < 1.29 is 23.9 Å². The summed E-state index contributed by atoms with van der Waals surface area (Å²) in [6, 6.07) is 0. The minimum atomic E-state index is -2.21. The molecule has 41 heavy (non-hydrogen) atoms. The third-order valence-electron chi connectivity index (χ3n) is 8.84. The van der Waals surface area contributed by atoms with Crippen LogP contribution in [0, 0.1) is 24.2 Å². The molecule has 0 amide bonds. The monoisotopic (exact) mass is 603 g/mol. The molecule has 2 heterocycles. The maximum atomic E-state index is 14.0. The second kappa shape index (κ2) is 14.1. The van der Waals surface area contributed by atoms with Gasteiger partial charge in [-0.25, -0.2) is 4.98 Å². The number of allylic oxidation sites excluding steroid dienone is 2. The molecule has 1 aliphatic heterocycles. The first-order valence-corrected chi connectivity index (χ1v) is 18.6. The fraction of sp³-hybridized carbons (Fsp3) is 0.667. The molecule has 0 bridgehead atoms. The number of rotatable bonds is 4. The number of esters is 1. The lowest BCUT2D eigenvalue weighted by molar-refractivity contribution is -0.153. The van der Waals surface area contributed by atoms with Crippen LogP contribution >= 0.6 is 11.3 Å². The number of thiazole rings is 1. The predicted molar refractivity (Wildman–Crippen MR) is 172 cm³/mol. The van der Waals surface area contributed by atoms with Gasteiger partial charge in [0.05, 0.1) is 34.7 Å². The number of cyclic esters (lactones) is 1. The average Bonchev–Trinajstić information content (AvgIpc) is 3.26. The fourth-order valence-electron chi connectivity index (χ4n) is 4.77. The summed E-state index contributed by atoms with van der Waals surface area (Å²) in [6.07, 6.45) is 7.31. The minimum absolute atomic E-state index is 0.0128. The molecular weight excluding hydrogens is 551 g/mol. The number of carbonyl (C=O) groups is 2. The van der Waals surface area contributed by atoms with Gasteiger partial charge in [0, 0.05) is 17.7 Å². The minimum Gasteiger partial charge on any atom is -0.457 e. The van der Waals surface area contributed by atoms with Crippen LogP contribution in [0.5, 0.6) is 0 Å². The van der Waals surface area contributed by atoms with E-state index in [9.17, 15) is 14.7 Å². The Bertz CT molecular complexity index is 1160. The first-order chi connectivity index (χ1) is 18.8. The number of carbonyl (C=O) groups excluding carboxylic acids is 2. The Hall–Kier alpha value is -1.87. The molecule has 6 nitrogen and oxygen atoms in total. The third kappa shape index (κ3) is 9.57. The zero-order chi connectivity index (χ0) is 31.3. The molecule has 0 fully saturated rings. The molecule has 1 aromatic rings. The molecule has 1 N–H and O–H groups in total. The topological polar surface area (TPSA) is 85.7 Å². The standard InChI is InChI=1S/C33H53NO5SSi/c1-21-14-13-15-22(2)30(39-41(11,12)32(6,7)8)24(4)31(37)33(9,10)28(35)19-29(36)38-27(17-16-21)23(3)18-26-20-40-25(5)34-26/h13,15-16,18,20,22,24,27-28,30,35H,14,17,19H2,1-12H3/t22-,24+,27-,28-,30?/m0/s1. The Kier molecular flexibility index (Phi) is 12.1. The van der Waals surface area contributed by atoms with Gasteiger partial charge in [0.1, 0.15) is 11.9 Å². The summed E-state index contributed by atoms with van der Waals surface area (Å²) in [4.78, 5) is 31.6. The van der Waals surface area contributed by atoms with Gasteiger partial charge in [-0.05, 0) is 62.9 Å². The molecule has 230 valence electrons. The summed E-state index contributed by atoms with van der Waals surface area (Å²) in [6.45, 7) is 24.4. The van der Waals surface area contributed by atoms with Gasteiger partial charge in [-0.15, -0.1) is 11.3 Å². The number of aliphatic hydroxyl groups excluding tert-OH is 1. The van der Waals surface area contributed by atoms with Crippen molar-refractivity contribution in [3.8, 4) is 0 Å². The van der Waals surface area contributed by atoms with E-state index < -0.39 is 37.8 Å². The van der Waals surface area contributed by atoms with E-state index in [1.807, 2.05) is 32.2 Å². The van der Waals surface area contributed by atoms with Gasteiger partial charge in [-0.2, -0.15) is 0 Å². The molecule has 0 radical (unpaired) electrons. The summed E-state index contributed by atoms with van der Waals surface area (Å²) in [5.74, 6) is -1.13. The highest BCUT2D eigenvalue weighted by Crippen LogP contribution is 2.41. The molecule has 2 rings (SSSR count). The summed E-state index contributed by atoms with van der Waals surface area (Å²) >= 11 is 1.57. The number of hydrogen-bond acceptors (Lipinski definition) is 7. The van der Waals surface area contributed by atoms with Crippen LogP contribution in [0.3, 0.4) is 0 Å². The van der Waals surface area contributed by atoms with Crippen molar-refractivity contribution in [2.24, 2.45) is 17.3 Å². The second-order valence-electron chi connectivity index (χ2n) is 13.9. The van der Waals surface area contributed by atoms with Gasteiger partial charge >= 0.3 is 5.97 Å². The Balaban J connectivity index is 2.48.